The molecular formula is C11H15I2NO2. The highest BCUT2D eigenvalue weighted by molar-refractivity contribution is 14.1. The maximum atomic E-state index is 6.01. The summed E-state index contributed by atoms with van der Waals surface area (Å²) in [4.78, 5) is 0. The fraction of sp³-hybridized carbons (Fsp3) is 0.455. The second-order valence-corrected chi connectivity index (χ2v) is 5.75. The van der Waals surface area contributed by atoms with Crippen molar-refractivity contribution in [3.05, 3.63) is 24.3 Å². The van der Waals surface area contributed by atoms with Gasteiger partial charge in [0.2, 0.25) is 0 Å². The Balaban J connectivity index is 2.76. The van der Waals surface area contributed by atoms with Gasteiger partial charge < -0.3 is 15.2 Å². The fourth-order valence-corrected chi connectivity index (χ4v) is 3.72. The molecular weight excluding hydrogens is 432 g/mol. The van der Waals surface area contributed by atoms with Crippen LogP contribution in [0.3, 0.4) is 0 Å². The van der Waals surface area contributed by atoms with E-state index in [-0.39, 0.29) is 0 Å². The molecule has 0 saturated carbocycles. The van der Waals surface area contributed by atoms with Gasteiger partial charge in [-0.1, -0.05) is 0 Å². The summed E-state index contributed by atoms with van der Waals surface area (Å²) in [5.74, 6) is 0. The molecule has 1 aromatic carbocycles. The number of halogens is 2. The number of hydrogen-bond acceptors (Lipinski definition) is 3. The first-order valence-corrected chi connectivity index (χ1v) is 7.03. The Morgan fingerprint density at radius 3 is 2.62 bits per heavy atom. The number of ether oxygens (including phenoxy) is 2. The third-order valence-corrected chi connectivity index (χ3v) is 4.21. The summed E-state index contributed by atoms with van der Waals surface area (Å²) in [6.45, 7) is 3.06. The number of benzene rings is 1. The lowest BCUT2D eigenvalue weighted by Gasteiger charge is -2.13. The number of anilines is 1. The largest absolute Gasteiger partial charge is 0.398 e. The van der Waals surface area contributed by atoms with Gasteiger partial charge in [0.25, 0.3) is 0 Å². The summed E-state index contributed by atoms with van der Waals surface area (Å²) in [6.07, 6.45) is 0.870. The Morgan fingerprint density at radius 1 is 1.31 bits per heavy atom. The summed E-state index contributed by atoms with van der Waals surface area (Å²) in [5.41, 5.74) is 9.32. The highest BCUT2D eigenvalue weighted by Gasteiger charge is 2.10. The molecule has 5 heteroatoms. The molecule has 0 saturated heterocycles. The molecule has 0 spiro atoms. The third-order valence-electron chi connectivity index (χ3n) is 2.35. The first kappa shape index (κ1) is 14.5. The van der Waals surface area contributed by atoms with Gasteiger partial charge in [-0.15, -0.1) is 0 Å². The first-order valence-electron chi connectivity index (χ1n) is 4.87. The van der Waals surface area contributed by atoms with E-state index >= 15 is 0 Å². The van der Waals surface area contributed by atoms with Gasteiger partial charge in [0.15, 0.2) is 0 Å². The molecule has 0 radical (unpaired) electrons. The molecule has 0 heterocycles. The van der Waals surface area contributed by atoms with Crippen molar-refractivity contribution in [1.82, 2.24) is 0 Å². The topological polar surface area (TPSA) is 44.5 Å². The molecule has 1 rings (SSSR count). The summed E-state index contributed by atoms with van der Waals surface area (Å²) in [6, 6.07) is 2.11. The summed E-state index contributed by atoms with van der Waals surface area (Å²) < 4.78 is 12.5. The van der Waals surface area contributed by atoms with Gasteiger partial charge in [0.05, 0.1) is 6.61 Å². The van der Waals surface area contributed by atoms with Crippen LogP contribution in [0, 0.1) is 14.1 Å². The van der Waals surface area contributed by atoms with Gasteiger partial charge in [-0.05, 0) is 75.7 Å². The molecule has 1 aromatic rings. The van der Waals surface area contributed by atoms with Crippen molar-refractivity contribution in [3.8, 4) is 0 Å². The predicted molar refractivity (Wildman–Crippen MR) is 82.6 cm³/mol. The molecule has 0 fully saturated rings. The Labute approximate surface area is 123 Å². The van der Waals surface area contributed by atoms with Crippen LogP contribution in [0.5, 0.6) is 0 Å². The maximum absolute atomic E-state index is 6.01. The van der Waals surface area contributed by atoms with Crippen molar-refractivity contribution in [1.29, 1.82) is 0 Å². The smallest absolute Gasteiger partial charge is 0.146 e. The van der Waals surface area contributed by atoms with Crippen molar-refractivity contribution < 1.29 is 9.47 Å². The van der Waals surface area contributed by atoms with E-state index in [1.54, 1.807) is 7.11 Å². The van der Waals surface area contributed by atoms with Gasteiger partial charge >= 0.3 is 0 Å². The highest BCUT2D eigenvalue weighted by Crippen LogP contribution is 2.27. The van der Waals surface area contributed by atoms with Crippen molar-refractivity contribution in [2.75, 3.05) is 26.2 Å². The molecule has 90 valence electrons. The molecule has 0 aliphatic rings. The van der Waals surface area contributed by atoms with Crippen LogP contribution in [-0.2, 0) is 15.9 Å². The van der Waals surface area contributed by atoms with E-state index in [0.29, 0.717) is 13.4 Å². The van der Waals surface area contributed by atoms with Crippen molar-refractivity contribution in [2.45, 2.75) is 13.3 Å². The van der Waals surface area contributed by atoms with Crippen LogP contribution in [0.2, 0.25) is 0 Å². The lowest BCUT2D eigenvalue weighted by molar-refractivity contribution is -0.0292. The van der Waals surface area contributed by atoms with E-state index in [4.69, 9.17) is 15.2 Å². The number of nitrogen functional groups attached to an aromatic ring is 1. The van der Waals surface area contributed by atoms with E-state index in [0.717, 1.165) is 21.2 Å². The van der Waals surface area contributed by atoms with Gasteiger partial charge in [-0.2, -0.15) is 0 Å². The van der Waals surface area contributed by atoms with Crippen LogP contribution >= 0.6 is 45.2 Å². The Morgan fingerprint density at radius 2 is 2.00 bits per heavy atom. The number of nitrogens with two attached hydrogens (primary N) is 1. The third kappa shape index (κ3) is 3.71. The summed E-state index contributed by atoms with van der Waals surface area (Å²) in [5, 5.41) is 0. The zero-order chi connectivity index (χ0) is 12.1. The Bertz CT molecular complexity index is 369. The SMILES string of the molecule is COCOCCc1c(I)cc(I)c(N)c1C. The molecule has 2 N–H and O–H groups in total. The average molecular weight is 447 g/mol. The van der Waals surface area contributed by atoms with Crippen molar-refractivity contribution in [3.63, 3.8) is 0 Å². The van der Waals surface area contributed by atoms with E-state index in [1.165, 1.54) is 9.13 Å². The van der Waals surface area contributed by atoms with Gasteiger partial charge in [0, 0.05) is 19.9 Å². The standard InChI is InChI=1S/C11H15I2NO2/c1-7-8(3-4-16-6-15-2)9(12)5-10(13)11(7)14/h5H,3-4,6,14H2,1-2H3. The zero-order valence-corrected chi connectivity index (χ0v) is 13.7. The van der Waals surface area contributed by atoms with Gasteiger partial charge in [0.1, 0.15) is 6.79 Å². The minimum Gasteiger partial charge on any atom is -0.398 e. The lowest BCUT2D eigenvalue weighted by atomic mass is 10.0. The molecule has 0 aliphatic carbocycles. The fourth-order valence-electron chi connectivity index (χ4n) is 1.42. The van der Waals surface area contributed by atoms with Crippen LogP contribution in [-0.4, -0.2) is 20.5 Å². The van der Waals surface area contributed by atoms with Crippen LogP contribution in [0.15, 0.2) is 6.07 Å². The molecule has 0 aromatic heterocycles. The number of rotatable bonds is 5. The van der Waals surface area contributed by atoms with Crippen LogP contribution in [0.25, 0.3) is 0 Å². The van der Waals surface area contributed by atoms with Crippen molar-refractivity contribution >= 4 is 50.9 Å². The van der Waals surface area contributed by atoms with Crippen LogP contribution in [0.4, 0.5) is 5.69 Å². The molecule has 0 atom stereocenters. The molecule has 0 unspecified atom stereocenters. The average Bonchev–Trinajstić information content (AvgIpc) is 2.25. The van der Waals surface area contributed by atoms with Crippen LogP contribution < -0.4 is 5.73 Å². The van der Waals surface area contributed by atoms with E-state index in [9.17, 15) is 0 Å². The maximum Gasteiger partial charge on any atom is 0.146 e. The van der Waals surface area contributed by atoms with Gasteiger partial charge in [-0.3, -0.25) is 0 Å². The summed E-state index contributed by atoms with van der Waals surface area (Å²) >= 11 is 4.60. The highest BCUT2D eigenvalue weighted by atomic mass is 127. The minimum atomic E-state index is 0.343. The van der Waals surface area contributed by atoms with Crippen molar-refractivity contribution in [2.24, 2.45) is 0 Å². The van der Waals surface area contributed by atoms with E-state index in [1.807, 2.05) is 0 Å². The monoisotopic (exact) mass is 447 g/mol. The number of methoxy groups -OCH3 is 1. The second-order valence-electron chi connectivity index (χ2n) is 3.42. The predicted octanol–water partition coefficient (Wildman–Crippen LogP) is 2.95. The normalized spacial score (nSPS) is 10.8. The molecule has 0 aliphatic heterocycles. The zero-order valence-electron chi connectivity index (χ0n) is 9.35. The minimum absolute atomic E-state index is 0.343. The van der Waals surface area contributed by atoms with Crippen LogP contribution in [0.1, 0.15) is 11.1 Å². The molecule has 0 bridgehead atoms. The summed E-state index contributed by atoms with van der Waals surface area (Å²) in [7, 11) is 1.62. The number of hydrogen-bond donors (Lipinski definition) is 1. The first-order chi connectivity index (χ1) is 7.57. The Hall–Kier alpha value is 0.400. The Kier molecular flexibility index (Phi) is 6.30. The molecule has 0 amide bonds. The quantitative estimate of drug-likeness (QED) is 0.327. The van der Waals surface area contributed by atoms with E-state index in [2.05, 4.69) is 58.2 Å². The molecule has 3 nitrogen and oxygen atoms in total. The second kappa shape index (κ2) is 6.97. The molecule has 16 heavy (non-hydrogen) atoms. The van der Waals surface area contributed by atoms with E-state index < -0.39 is 0 Å². The lowest BCUT2D eigenvalue weighted by Crippen LogP contribution is -2.07. The van der Waals surface area contributed by atoms with Gasteiger partial charge in [-0.25, -0.2) is 0 Å².